The fraction of sp³-hybridized carbons (Fsp3) is 0.300. The van der Waals surface area contributed by atoms with Crippen LogP contribution in [0.15, 0.2) is 67.0 Å². The summed E-state index contributed by atoms with van der Waals surface area (Å²) in [6.45, 7) is 4.82. The minimum Gasteiger partial charge on any atom is -0.490 e. The smallest absolute Gasteiger partial charge is 0.325 e. The quantitative estimate of drug-likeness (QED) is 0.297. The maximum Gasteiger partial charge on any atom is 0.325 e. The standard InChI is InChI=1S/C30H33N5O5/c1-3-39-26-18-25-22(9-15-35(25)30(38)31-2)16-27(26)40-24-8-12-32-28(17-24)33-29(37)21-6-4-20(5-7-21)19-34-13-10-23(36)11-14-34/h4-9,12,15-18,23,36H,3,10-11,13-14,19H2,1-2H3,(H,31,38)(H,32,33,37). The van der Waals surface area contributed by atoms with Gasteiger partial charge < -0.3 is 25.2 Å². The van der Waals surface area contributed by atoms with Crippen molar-refractivity contribution in [2.24, 2.45) is 0 Å². The number of likely N-dealkylation sites (tertiary alicyclic amines) is 1. The van der Waals surface area contributed by atoms with E-state index >= 15 is 0 Å². The molecule has 1 aliphatic heterocycles. The largest absolute Gasteiger partial charge is 0.490 e. The van der Waals surface area contributed by atoms with Crippen LogP contribution in [0.4, 0.5) is 10.6 Å². The minimum absolute atomic E-state index is 0.196. The zero-order chi connectivity index (χ0) is 28.1. The molecule has 3 N–H and O–H groups in total. The van der Waals surface area contributed by atoms with Gasteiger partial charge in [0.2, 0.25) is 0 Å². The third-order valence-corrected chi connectivity index (χ3v) is 6.87. The molecule has 0 bridgehead atoms. The van der Waals surface area contributed by atoms with E-state index in [0.717, 1.165) is 43.4 Å². The van der Waals surface area contributed by atoms with Crippen LogP contribution in [0.5, 0.6) is 17.2 Å². The Hall–Kier alpha value is -4.41. The highest BCUT2D eigenvalue weighted by Crippen LogP contribution is 2.36. The molecule has 2 aromatic carbocycles. The summed E-state index contributed by atoms with van der Waals surface area (Å²) in [7, 11) is 1.58. The number of piperidine rings is 1. The van der Waals surface area contributed by atoms with E-state index in [2.05, 4.69) is 20.5 Å². The summed E-state index contributed by atoms with van der Waals surface area (Å²) >= 11 is 0. The van der Waals surface area contributed by atoms with Gasteiger partial charge in [-0.2, -0.15) is 0 Å². The number of carbonyl (C=O) groups excluding carboxylic acids is 2. The van der Waals surface area contributed by atoms with Gasteiger partial charge in [0.05, 0.1) is 18.2 Å². The Labute approximate surface area is 232 Å². The first-order valence-electron chi connectivity index (χ1n) is 13.4. The summed E-state index contributed by atoms with van der Waals surface area (Å²) < 4.78 is 13.4. The van der Waals surface area contributed by atoms with Crippen LogP contribution in [0.2, 0.25) is 0 Å². The average Bonchev–Trinajstić information content (AvgIpc) is 3.37. The second kappa shape index (κ2) is 12.2. The topological polar surface area (TPSA) is 118 Å². The average molecular weight is 544 g/mol. The molecular weight excluding hydrogens is 510 g/mol. The van der Waals surface area contributed by atoms with Crippen LogP contribution in [-0.4, -0.2) is 64.3 Å². The van der Waals surface area contributed by atoms with Crippen molar-refractivity contribution in [2.45, 2.75) is 32.4 Å². The Morgan fingerprint density at radius 1 is 1.05 bits per heavy atom. The number of aliphatic hydroxyl groups excluding tert-OH is 1. The molecule has 2 amide bonds. The predicted molar refractivity (Wildman–Crippen MR) is 152 cm³/mol. The van der Waals surface area contributed by atoms with Gasteiger partial charge in [0.25, 0.3) is 5.91 Å². The lowest BCUT2D eigenvalue weighted by Crippen LogP contribution is -2.35. The van der Waals surface area contributed by atoms with Crippen molar-refractivity contribution in [1.29, 1.82) is 0 Å². The first-order valence-corrected chi connectivity index (χ1v) is 13.4. The van der Waals surface area contributed by atoms with E-state index in [9.17, 15) is 14.7 Å². The van der Waals surface area contributed by atoms with Gasteiger partial charge in [-0.15, -0.1) is 0 Å². The van der Waals surface area contributed by atoms with Gasteiger partial charge in [0, 0.05) is 62.2 Å². The molecule has 40 heavy (non-hydrogen) atoms. The van der Waals surface area contributed by atoms with Crippen LogP contribution in [0, 0.1) is 0 Å². The van der Waals surface area contributed by atoms with Crippen molar-refractivity contribution in [3.63, 3.8) is 0 Å². The zero-order valence-electron chi connectivity index (χ0n) is 22.6. The summed E-state index contributed by atoms with van der Waals surface area (Å²) in [4.78, 5) is 31.7. The summed E-state index contributed by atoms with van der Waals surface area (Å²) in [6.07, 6.45) is 4.64. The Kier molecular flexibility index (Phi) is 8.28. The Bertz CT molecular complexity index is 1490. The SMILES string of the molecule is CCOc1cc2c(ccn2C(=O)NC)cc1Oc1ccnc(NC(=O)c2ccc(CN3CCC(O)CC3)cc2)c1. The Balaban J connectivity index is 1.27. The van der Waals surface area contributed by atoms with E-state index in [0.29, 0.717) is 40.8 Å². The molecule has 1 fully saturated rings. The van der Waals surface area contributed by atoms with Crippen LogP contribution >= 0.6 is 0 Å². The van der Waals surface area contributed by atoms with E-state index < -0.39 is 0 Å². The summed E-state index contributed by atoms with van der Waals surface area (Å²) in [5.74, 6) is 1.51. The lowest BCUT2D eigenvalue weighted by atomic mass is 10.1. The number of anilines is 1. The highest BCUT2D eigenvalue weighted by atomic mass is 16.5. The lowest BCUT2D eigenvalue weighted by Gasteiger charge is -2.29. The van der Waals surface area contributed by atoms with E-state index in [1.54, 1.807) is 49.8 Å². The number of amides is 2. The first-order chi connectivity index (χ1) is 19.4. The molecule has 0 unspecified atom stereocenters. The van der Waals surface area contributed by atoms with Crippen molar-refractivity contribution >= 4 is 28.7 Å². The summed E-state index contributed by atoms with van der Waals surface area (Å²) in [5.41, 5.74) is 2.34. The van der Waals surface area contributed by atoms with E-state index in [1.165, 1.54) is 4.57 Å². The van der Waals surface area contributed by atoms with Crippen LogP contribution in [-0.2, 0) is 6.54 Å². The van der Waals surface area contributed by atoms with Crippen LogP contribution in [0.1, 0.15) is 35.7 Å². The second-order valence-corrected chi connectivity index (χ2v) is 9.67. The molecule has 10 nitrogen and oxygen atoms in total. The first kappa shape index (κ1) is 27.2. The van der Waals surface area contributed by atoms with Gasteiger partial charge in [0.15, 0.2) is 11.5 Å². The number of aromatic nitrogens is 2. The number of carbonyl (C=O) groups is 2. The molecule has 0 atom stereocenters. The minimum atomic E-state index is -0.274. The third-order valence-electron chi connectivity index (χ3n) is 6.87. The van der Waals surface area contributed by atoms with E-state index in [4.69, 9.17) is 9.47 Å². The molecule has 2 aromatic heterocycles. The molecule has 0 spiro atoms. The Morgan fingerprint density at radius 2 is 1.82 bits per heavy atom. The normalized spacial score (nSPS) is 14.2. The number of aliphatic hydroxyl groups is 1. The highest BCUT2D eigenvalue weighted by molar-refractivity contribution is 6.03. The number of rotatable bonds is 8. The molecule has 10 heteroatoms. The fourth-order valence-corrected chi connectivity index (χ4v) is 4.74. The monoisotopic (exact) mass is 543 g/mol. The zero-order valence-corrected chi connectivity index (χ0v) is 22.6. The van der Waals surface area contributed by atoms with E-state index in [-0.39, 0.29) is 18.0 Å². The number of hydrogen-bond donors (Lipinski definition) is 3. The highest BCUT2D eigenvalue weighted by Gasteiger charge is 2.18. The Morgan fingerprint density at radius 3 is 2.55 bits per heavy atom. The molecular formula is C30H33N5O5. The number of hydrogen-bond acceptors (Lipinski definition) is 7. The molecule has 1 aliphatic rings. The second-order valence-electron chi connectivity index (χ2n) is 9.67. The molecule has 0 saturated carbocycles. The van der Waals surface area contributed by atoms with Crippen molar-refractivity contribution in [3.8, 4) is 17.2 Å². The summed E-state index contributed by atoms with van der Waals surface area (Å²) in [6, 6.07) is 16.0. The maximum atomic E-state index is 12.9. The van der Waals surface area contributed by atoms with Crippen molar-refractivity contribution in [2.75, 3.05) is 32.1 Å². The number of fused-ring (bicyclic) bond motifs is 1. The molecule has 208 valence electrons. The van der Waals surface area contributed by atoms with Crippen LogP contribution in [0.3, 0.4) is 0 Å². The predicted octanol–water partition coefficient (Wildman–Crippen LogP) is 4.62. The molecule has 5 rings (SSSR count). The molecule has 3 heterocycles. The van der Waals surface area contributed by atoms with Gasteiger partial charge in [-0.05, 0) is 55.7 Å². The number of ether oxygens (including phenoxy) is 2. The number of nitrogens with zero attached hydrogens (tertiary/aromatic N) is 3. The van der Waals surface area contributed by atoms with E-state index in [1.807, 2.05) is 31.2 Å². The summed E-state index contributed by atoms with van der Waals surface area (Å²) in [5, 5.41) is 16.0. The van der Waals surface area contributed by atoms with Crippen LogP contribution in [0.25, 0.3) is 10.9 Å². The molecule has 0 aliphatic carbocycles. The molecule has 1 saturated heterocycles. The maximum absolute atomic E-state index is 12.9. The molecule has 4 aromatic rings. The van der Waals surface area contributed by atoms with Crippen molar-refractivity contribution in [3.05, 3.63) is 78.1 Å². The third kappa shape index (κ3) is 6.24. The van der Waals surface area contributed by atoms with Gasteiger partial charge in [-0.1, -0.05) is 12.1 Å². The van der Waals surface area contributed by atoms with Crippen molar-refractivity contribution in [1.82, 2.24) is 19.8 Å². The lowest BCUT2D eigenvalue weighted by molar-refractivity contribution is 0.0792. The van der Waals surface area contributed by atoms with Crippen molar-refractivity contribution < 1.29 is 24.2 Å². The van der Waals surface area contributed by atoms with Crippen LogP contribution < -0.4 is 20.1 Å². The van der Waals surface area contributed by atoms with Gasteiger partial charge in [0.1, 0.15) is 11.6 Å². The number of nitrogens with one attached hydrogen (secondary N) is 2. The van der Waals surface area contributed by atoms with Gasteiger partial charge in [-0.25, -0.2) is 9.78 Å². The van der Waals surface area contributed by atoms with Gasteiger partial charge >= 0.3 is 6.03 Å². The number of pyridine rings is 1. The molecule has 0 radical (unpaired) electrons. The fourth-order valence-electron chi connectivity index (χ4n) is 4.74. The van der Waals surface area contributed by atoms with Gasteiger partial charge in [-0.3, -0.25) is 14.3 Å². The number of benzene rings is 2.